The minimum Gasteiger partial charge on any atom is -0.377 e. The van der Waals surface area contributed by atoms with Crippen LogP contribution in [0.3, 0.4) is 0 Å². The highest BCUT2D eigenvalue weighted by Crippen LogP contribution is 2.34. The van der Waals surface area contributed by atoms with Gasteiger partial charge in [0.05, 0.1) is 42.7 Å². The third-order valence-electron chi connectivity index (χ3n) is 5.42. The summed E-state index contributed by atoms with van der Waals surface area (Å²) in [6.45, 7) is 5.06. The maximum Gasteiger partial charge on any atom is 0.130 e. The van der Waals surface area contributed by atoms with Gasteiger partial charge in [-0.1, -0.05) is 0 Å². The molecule has 1 saturated heterocycles. The van der Waals surface area contributed by atoms with Gasteiger partial charge in [0.15, 0.2) is 0 Å². The van der Waals surface area contributed by atoms with Crippen LogP contribution in [0.5, 0.6) is 0 Å². The highest BCUT2D eigenvalue weighted by atomic mass is 16.5. The van der Waals surface area contributed by atoms with E-state index in [1.54, 1.807) is 0 Å². The van der Waals surface area contributed by atoms with Crippen LogP contribution in [0, 0.1) is 0 Å². The predicted molar refractivity (Wildman–Crippen MR) is 111 cm³/mol. The Morgan fingerprint density at radius 3 is 2.89 bits per heavy atom. The van der Waals surface area contributed by atoms with E-state index >= 15 is 0 Å². The van der Waals surface area contributed by atoms with Gasteiger partial charge >= 0.3 is 0 Å². The number of aromatic nitrogens is 4. The topological polar surface area (TPSA) is 68.4 Å². The molecule has 0 unspecified atom stereocenters. The van der Waals surface area contributed by atoms with Gasteiger partial charge < -0.3 is 9.64 Å². The highest BCUT2D eigenvalue weighted by Gasteiger charge is 2.23. The van der Waals surface area contributed by atoms with Crippen molar-refractivity contribution in [3.63, 3.8) is 0 Å². The smallest absolute Gasteiger partial charge is 0.130 e. The van der Waals surface area contributed by atoms with Gasteiger partial charge in [-0.15, -0.1) is 0 Å². The molecule has 0 aromatic carbocycles. The third-order valence-corrected chi connectivity index (χ3v) is 5.42. The van der Waals surface area contributed by atoms with E-state index in [1.165, 1.54) is 0 Å². The standard InChI is InChI=1S/C21H22N6O/c1-14-13-28-10-9-27(14)19-11-17(18-5-8-24-26(18)2)16-4-7-23-20(21(16)25-19)15-3-6-22-12-15/h3-8,11,14H,9-10,12-13H2,1-2H3/t14-/m1/s1. The molecule has 1 atom stereocenters. The number of hydrogen-bond donors (Lipinski definition) is 0. The molecule has 0 radical (unpaired) electrons. The fourth-order valence-corrected chi connectivity index (χ4v) is 3.94. The number of allylic oxidation sites excluding steroid dienone is 1. The Morgan fingerprint density at radius 1 is 1.21 bits per heavy atom. The van der Waals surface area contributed by atoms with Gasteiger partial charge in [0, 0.05) is 48.7 Å². The van der Waals surface area contributed by atoms with E-state index in [0.29, 0.717) is 19.8 Å². The van der Waals surface area contributed by atoms with Crippen molar-refractivity contribution in [1.82, 2.24) is 19.7 Å². The molecular formula is C21H22N6O. The van der Waals surface area contributed by atoms with Crippen LogP contribution in [-0.4, -0.2) is 58.3 Å². The minimum atomic E-state index is 0.271. The number of anilines is 1. The fourth-order valence-electron chi connectivity index (χ4n) is 3.94. The van der Waals surface area contributed by atoms with Crippen LogP contribution in [0.15, 0.2) is 41.7 Å². The summed E-state index contributed by atoms with van der Waals surface area (Å²) in [7, 11) is 1.97. The Bertz CT molecular complexity index is 1100. The zero-order valence-corrected chi connectivity index (χ0v) is 16.0. The Balaban J connectivity index is 1.77. The summed E-state index contributed by atoms with van der Waals surface area (Å²) in [6, 6.07) is 6.52. The van der Waals surface area contributed by atoms with Crippen molar-refractivity contribution in [2.75, 3.05) is 31.2 Å². The highest BCUT2D eigenvalue weighted by molar-refractivity contribution is 6.02. The normalized spacial score (nSPS) is 19.4. The minimum absolute atomic E-state index is 0.271. The van der Waals surface area contributed by atoms with E-state index in [-0.39, 0.29) is 6.04 Å². The monoisotopic (exact) mass is 374 g/mol. The number of aryl methyl sites for hydroxylation is 1. The molecule has 7 heteroatoms. The Morgan fingerprint density at radius 2 is 2.14 bits per heavy atom. The summed E-state index contributed by atoms with van der Waals surface area (Å²) in [6.07, 6.45) is 7.55. The molecule has 7 nitrogen and oxygen atoms in total. The van der Waals surface area contributed by atoms with Crippen molar-refractivity contribution in [2.45, 2.75) is 13.0 Å². The second-order valence-electron chi connectivity index (χ2n) is 7.22. The predicted octanol–water partition coefficient (Wildman–Crippen LogP) is 2.72. The van der Waals surface area contributed by atoms with E-state index in [9.17, 15) is 0 Å². The molecule has 28 heavy (non-hydrogen) atoms. The number of pyridine rings is 2. The largest absolute Gasteiger partial charge is 0.377 e. The molecule has 1 fully saturated rings. The van der Waals surface area contributed by atoms with Gasteiger partial charge in [0.25, 0.3) is 0 Å². The maximum atomic E-state index is 5.63. The van der Waals surface area contributed by atoms with Gasteiger partial charge in [-0.3, -0.25) is 14.7 Å². The van der Waals surface area contributed by atoms with Crippen molar-refractivity contribution < 1.29 is 4.74 Å². The SMILES string of the molecule is C[C@@H]1COCCN1c1cc(-c2ccnn2C)c2ccnc(C3=CC=NC3)c2n1. The molecule has 0 spiro atoms. The number of hydrogen-bond acceptors (Lipinski definition) is 6. The van der Waals surface area contributed by atoms with Crippen LogP contribution in [0.25, 0.3) is 27.7 Å². The maximum absolute atomic E-state index is 5.63. The molecule has 5 heterocycles. The first kappa shape index (κ1) is 17.1. The van der Waals surface area contributed by atoms with Gasteiger partial charge in [-0.05, 0) is 31.2 Å². The second kappa shape index (κ2) is 6.83. The molecule has 3 aromatic heterocycles. The van der Waals surface area contributed by atoms with Crippen LogP contribution in [0.4, 0.5) is 5.82 Å². The fraction of sp³-hybridized carbons (Fsp3) is 0.333. The summed E-state index contributed by atoms with van der Waals surface area (Å²) in [5.74, 6) is 0.952. The summed E-state index contributed by atoms with van der Waals surface area (Å²) in [5, 5.41) is 5.45. The zero-order chi connectivity index (χ0) is 19.1. The summed E-state index contributed by atoms with van der Waals surface area (Å²) >= 11 is 0. The average Bonchev–Trinajstić information content (AvgIpc) is 3.39. The van der Waals surface area contributed by atoms with Crippen molar-refractivity contribution >= 4 is 28.5 Å². The van der Waals surface area contributed by atoms with Crippen molar-refractivity contribution in [3.05, 3.63) is 42.4 Å². The number of nitrogens with zero attached hydrogens (tertiary/aromatic N) is 6. The molecule has 0 N–H and O–H groups in total. The van der Waals surface area contributed by atoms with Crippen molar-refractivity contribution in [2.24, 2.45) is 12.0 Å². The lowest BCUT2D eigenvalue weighted by atomic mass is 10.0. The van der Waals surface area contributed by atoms with Gasteiger partial charge in [0.2, 0.25) is 0 Å². The van der Waals surface area contributed by atoms with E-state index in [2.05, 4.69) is 33.0 Å². The first-order chi connectivity index (χ1) is 13.7. The van der Waals surface area contributed by atoms with Crippen LogP contribution < -0.4 is 4.90 Å². The summed E-state index contributed by atoms with van der Waals surface area (Å²) in [4.78, 5) is 16.4. The van der Waals surface area contributed by atoms with Crippen molar-refractivity contribution in [3.8, 4) is 11.3 Å². The molecular weight excluding hydrogens is 352 g/mol. The third kappa shape index (κ3) is 2.79. The molecule has 142 valence electrons. The van der Waals surface area contributed by atoms with Crippen molar-refractivity contribution in [1.29, 1.82) is 0 Å². The molecule has 0 saturated carbocycles. The number of rotatable bonds is 3. The molecule has 3 aromatic rings. The van der Waals surface area contributed by atoms with E-state index in [0.717, 1.165) is 45.8 Å². The van der Waals surface area contributed by atoms with E-state index in [1.807, 2.05) is 48.5 Å². The lowest BCUT2D eigenvalue weighted by molar-refractivity contribution is 0.0986. The van der Waals surface area contributed by atoms with E-state index in [4.69, 9.17) is 9.72 Å². The van der Waals surface area contributed by atoms with Crippen LogP contribution in [-0.2, 0) is 11.8 Å². The number of ether oxygens (including phenoxy) is 1. The molecule has 0 bridgehead atoms. The summed E-state index contributed by atoms with van der Waals surface area (Å²) in [5.41, 5.74) is 5.08. The Kier molecular flexibility index (Phi) is 4.16. The molecule has 5 rings (SSSR count). The number of aliphatic imine (C=N–C) groups is 1. The quantitative estimate of drug-likeness (QED) is 0.705. The lowest BCUT2D eigenvalue weighted by Crippen LogP contribution is -2.44. The summed E-state index contributed by atoms with van der Waals surface area (Å²) < 4.78 is 7.53. The van der Waals surface area contributed by atoms with Crippen LogP contribution in [0.1, 0.15) is 12.6 Å². The van der Waals surface area contributed by atoms with Gasteiger partial charge in [-0.2, -0.15) is 5.10 Å². The second-order valence-corrected chi connectivity index (χ2v) is 7.22. The van der Waals surface area contributed by atoms with Crippen LogP contribution >= 0.6 is 0 Å². The molecule has 2 aliphatic rings. The lowest BCUT2D eigenvalue weighted by Gasteiger charge is -2.34. The number of morpholine rings is 1. The first-order valence-electron chi connectivity index (χ1n) is 9.54. The molecule has 0 aliphatic carbocycles. The number of fused-ring (bicyclic) bond motifs is 1. The van der Waals surface area contributed by atoms with Gasteiger partial charge in [-0.25, -0.2) is 4.98 Å². The average molecular weight is 374 g/mol. The Labute approximate surface area is 163 Å². The molecule has 0 amide bonds. The van der Waals surface area contributed by atoms with E-state index < -0.39 is 0 Å². The first-order valence-corrected chi connectivity index (χ1v) is 9.54. The zero-order valence-electron chi connectivity index (χ0n) is 16.0. The van der Waals surface area contributed by atoms with Gasteiger partial charge in [0.1, 0.15) is 5.82 Å². The van der Waals surface area contributed by atoms with Crippen LogP contribution in [0.2, 0.25) is 0 Å². The Hall–Kier alpha value is -3.06. The molecule has 2 aliphatic heterocycles.